The van der Waals surface area contributed by atoms with Crippen LogP contribution in [0, 0.1) is 6.92 Å². The first-order chi connectivity index (χ1) is 15.3. The molecule has 1 atom stereocenters. The third-order valence-corrected chi connectivity index (χ3v) is 11.3. The van der Waals surface area contributed by atoms with Gasteiger partial charge in [-0.1, -0.05) is 137 Å². The lowest BCUT2D eigenvalue weighted by atomic mass is 10.0. The highest BCUT2D eigenvalue weighted by Gasteiger charge is 2.27. The second kappa shape index (κ2) is 11.1. The fourth-order valence-electron chi connectivity index (χ4n) is 4.22. The van der Waals surface area contributed by atoms with E-state index in [2.05, 4.69) is 122 Å². The normalized spacial score (nSPS) is 12.1. The number of benzene rings is 4. The minimum absolute atomic E-state index is 0.682. The molecule has 0 aliphatic heterocycles. The Bertz CT molecular complexity index is 1010. The van der Waals surface area contributed by atoms with Gasteiger partial charge in [0.05, 0.1) is 9.52 Å². The second-order valence-electron chi connectivity index (χ2n) is 8.03. The molecule has 0 saturated heterocycles. The van der Waals surface area contributed by atoms with Crippen LogP contribution in [0.5, 0.6) is 0 Å². The summed E-state index contributed by atoms with van der Waals surface area (Å²) in [6, 6.07) is 42.5. The molecule has 0 spiro atoms. The third kappa shape index (κ3) is 5.93. The van der Waals surface area contributed by atoms with Crippen LogP contribution in [0.2, 0.25) is 5.16 Å². The first kappa shape index (κ1) is 21.5. The molecule has 4 rings (SSSR count). The highest BCUT2D eigenvalue weighted by molar-refractivity contribution is 6.93. The monoisotopic (exact) mass is 433 g/mol. The molecule has 0 bridgehead atoms. The predicted octanol–water partition coefficient (Wildman–Crippen LogP) is 4.98. The van der Waals surface area contributed by atoms with Gasteiger partial charge in [0.1, 0.15) is 8.80 Å². The van der Waals surface area contributed by atoms with Crippen molar-refractivity contribution in [3.8, 4) is 0 Å². The topological polar surface area (TPSA) is 0 Å². The van der Waals surface area contributed by atoms with Crippen molar-refractivity contribution in [3.05, 3.63) is 126 Å². The highest BCUT2D eigenvalue weighted by Crippen LogP contribution is 2.20. The summed E-state index contributed by atoms with van der Waals surface area (Å²) in [4.78, 5) is 0. The molecule has 0 fully saturated rings. The van der Waals surface area contributed by atoms with E-state index in [0.29, 0.717) is 5.16 Å². The summed E-state index contributed by atoms with van der Waals surface area (Å²) in [5.41, 5.74) is 2.92. The Labute approximate surface area is 191 Å². The van der Waals surface area contributed by atoms with E-state index in [4.69, 9.17) is 0 Å². The number of aryl methyl sites for hydroxylation is 2. The maximum absolute atomic E-state index is 2.35. The third-order valence-electron chi connectivity index (χ3n) is 5.83. The van der Waals surface area contributed by atoms with Crippen LogP contribution in [0.1, 0.15) is 24.0 Å². The van der Waals surface area contributed by atoms with Gasteiger partial charge in [-0.2, -0.15) is 0 Å². The lowest BCUT2D eigenvalue weighted by Crippen LogP contribution is -2.49. The van der Waals surface area contributed by atoms with Crippen molar-refractivity contribution in [1.29, 1.82) is 0 Å². The number of hydrogen-bond acceptors (Lipinski definition) is 0. The van der Waals surface area contributed by atoms with E-state index in [1.807, 2.05) is 0 Å². The van der Waals surface area contributed by atoms with Gasteiger partial charge in [0.2, 0.25) is 0 Å². The lowest BCUT2D eigenvalue weighted by Gasteiger charge is -2.26. The van der Waals surface area contributed by atoms with Crippen molar-refractivity contribution in [2.45, 2.75) is 31.4 Å². The van der Waals surface area contributed by atoms with Crippen LogP contribution in [0.25, 0.3) is 0 Å². The maximum atomic E-state index is 2.35. The molecule has 4 aromatic carbocycles. The van der Waals surface area contributed by atoms with E-state index in [9.17, 15) is 0 Å². The minimum Gasteiger partial charge on any atom is -0.0642 e. The number of rotatable bonds is 9. The Morgan fingerprint density at radius 3 is 1.74 bits per heavy atom. The Kier molecular flexibility index (Phi) is 7.70. The molecule has 0 saturated carbocycles. The van der Waals surface area contributed by atoms with E-state index in [1.54, 1.807) is 0 Å². The van der Waals surface area contributed by atoms with Gasteiger partial charge in [0, 0.05) is 0 Å². The Morgan fingerprint density at radius 1 is 0.645 bits per heavy atom. The Balaban J connectivity index is 1.62. The van der Waals surface area contributed by atoms with Crippen LogP contribution in [-0.2, 0) is 6.42 Å². The lowest BCUT2D eigenvalue weighted by molar-refractivity contribution is 0.763. The molecule has 0 aliphatic rings. The molecular weight excluding hydrogens is 404 g/mol. The molecule has 0 aromatic heterocycles. The van der Waals surface area contributed by atoms with Gasteiger partial charge in [0.15, 0.2) is 0 Å². The average Bonchev–Trinajstić information content (AvgIpc) is 2.82. The van der Waals surface area contributed by atoms with E-state index in [0.717, 1.165) is 9.52 Å². The molecule has 153 valence electrons. The van der Waals surface area contributed by atoms with Crippen molar-refractivity contribution >= 4 is 33.9 Å². The molecule has 0 unspecified atom stereocenters. The zero-order valence-corrected chi connectivity index (χ0v) is 20.2. The predicted molar refractivity (Wildman–Crippen MR) is 138 cm³/mol. The van der Waals surface area contributed by atoms with E-state index >= 15 is 0 Å². The molecule has 2 heteroatoms. The van der Waals surface area contributed by atoms with Crippen LogP contribution in [0.4, 0.5) is 0 Å². The van der Waals surface area contributed by atoms with Crippen LogP contribution in [0.15, 0.2) is 115 Å². The molecule has 0 N–H and O–H groups in total. The van der Waals surface area contributed by atoms with Crippen molar-refractivity contribution in [2.75, 3.05) is 0 Å². The minimum atomic E-state index is -0.887. The van der Waals surface area contributed by atoms with Crippen LogP contribution in [-0.4, -0.2) is 18.3 Å². The zero-order chi connectivity index (χ0) is 21.3. The largest absolute Gasteiger partial charge is 0.121 e. The molecule has 0 heterocycles. The van der Waals surface area contributed by atoms with E-state index in [-0.39, 0.29) is 0 Å². The number of hydrogen-bond donors (Lipinski definition) is 0. The first-order valence-corrected chi connectivity index (χ1v) is 13.8. The van der Waals surface area contributed by atoms with Gasteiger partial charge in [-0.05, 0) is 36.1 Å². The van der Waals surface area contributed by atoms with E-state index in [1.165, 1.54) is 45.9 Å². The quantitative estimate of drug-likeness (QED) is 0.326. The zero-order valence-electron chi connectivity index (χ0n) is 18.2. The molecule has 4 aromatic rings. The summed E-state index contributed by atoms with van der Waals surface area (Å²) in [6.07, 6.45) is 3.67. The smallest absolute Gasteiger partial charge is 0.0642 e. The van der Waals surface area contributed by atoms with E-state index < -0.39 is 8.80 Å². The summed E-state index contributed by atoms with van der Waals surface area (Å²) in [7, 11) is -0.0502. The fourth-order valence-corrected chi connectivity index (χ4v) is 10.2. The molecule has 0 aliphatic carbocycles. The van der Waals surface area contributed by atoms with Crippen LogP contribution < -0.4 is 15.6 Å². The molecule has 3 radical (unpaired) electrons. The Morgan fingerprint density at radius 2 is 1.16 bits per heavy atom. The van der Waals surface area contributed by atoms with Gasteiger partial charge in [-0.25, -0.2) is 0 Å². The molecule has 0 amide bonds. The molecular formula is C29H29Si2. The summed E-state index contributed by atoms with van der Waals surface area (Å²) in [6.45, 7) is 2.24. The van der Waals surface area contributed by atoms with Crippen molar-refractivity contribution in [3.63, 3.8) is 0 Å². The standard InChI is InChI=1S/C29H29Si2/c1-24-14-11-12-15-25(24)16-13-23-29(30-26-17-5-2-6-18-26)31(27-19-7-3-8-20-27)28-21-9-4-10-22-28/h2-12,14-15,17-22,29H,13,16,23H2,1H3/t29-/m1/s1. The van der Waals surface area contributed by atoms with Gasteiger partial charge < -0.3 is 0 Å². The summed E-state index contributed by atoms with van der Waals surface area (Å²) >= 11 is 0. The Hall–Kier alpha value is -2.69. The highest BCUT2D eigenvalue weighted by atomic mass is 28.3. The SMILES string of the molecule is Cc1ccccc1CCC[C@H]([Si]c1ccccc1)[Si](c1ccccc1)c1ccccc1. The average molecular weight is 434 g/mol. The first-order valence-electron chi connectivity index (χ1n) is 11.1. The molecule has 0 nitrogen and oxygen atoms in total. The van der Waals surface area contributed by atoms with Crippen molar-refractivity contribution in [1.82, 2.24) is 0 Å². The summed E-state index contributed by atoms with van der Waals surface area (Å²) in [5, 5.41) is 5.23. The summed E-state index contributed by atoms with van der Waals surface area (Å²) < 4.78 is 0. The summed E-state index contributed by atoms with van der Waals surface area (Å²) in [5.74, 6) is 0. The maximum Gasteiger partial charge on any atom is 0.121 e. The molecule has 31 heavy (non-hydrogen) atoms. The van der Waals surface area contributed by atoms with Gasteiger partial charge >= 0.3 is 0 Å². The van der Waals surface area contributed by atoms with Gasteiger partial charge in [0.25, 0.3) is 0 Å². The van der Waals surface area contributed by atoms with Crippen molar-refractivity contribution in [2.24, 2.45) is 0 Å². The van der Waals surface area contributed by atoms with Crippen LogP contribution in [0.3, 0.4) is 0 Å². The second-order valence-corrected chi connectivity index (χ2v) is 12.8. The van der Waals surface area contributed by atoms with Gasteiger partial charge in [-0.15, -0.1) is 0 Å². The fraction of sp³-hybridized carbons (Fsp3) is 0.172. The van der Waals surface area contributed by atoms with Crippen molar-refractivity contribution < 1.29 is 0 Å². The van der Waals surface area contributed by atoms with Gasteiger partial charge in [-0.3, -0.25) is 0 Å². The van der Waals surface area contributed by atoms with Crippen LogP contribution >= 0.6 is 0 Å².